The summed E-state index contributed by atoms with van der Waals surface area (Å²) in [5, 5.41) is 8.76. The first kappa shape index (κ1) is 13.4. The van der Waals surface area contributed by atoms with Gasteiger partial charge in [-0.15, -0.1) is 0 Å². The molecule has 0 amide bonds. The number of nitriles is 1. The van der Waals surface area contributed by atoms with Crippen LogP contribution in [0.15, 0.2) is 6.07 Å². The van der Waals surface area contributed by atoms with Gasteiger partial charge in [0, 0.05) is 12.6 Å². The molecule has 0 radical (unpaired) electrons. The predicted molar refractivity (Wildman–Crippen MR) is 59.0 cm³/mol. The molecular weight excluding hydrogens is 263 g/mol. The molecule has 9 heteroatoms. The number of morpholine rings is 1. The van der Waals surface area contributed by atoms with Gasteiger partial charge >= 0.3 is 6.18 Å². The molecule has 0 aromatic carbocycles. The SMILES string of the molecule is N#CC1CN(c2cc(N)nc(C(F)(F)F)n2)CCO1. The van der Waals surface area contributed by atoms with E-state index in [0.717, 1.165) is 0 Å². The van der Waals surface area contributed by atoms with Gasteiger partial charge in [0.25, 0.3) is 0 Å². The zero-order valence-corrected chi connectivity index (χ0v) is 9.68. The van der Waals surface area contributed by atoms with E-state index in [1.807, 2.05) is 6.07 Å². The van der Waals surface area contributed by atoms with Crippen molar-refractivity contribution in [1.82, 2.24) is 9.97 Å². The summed E-state index contributed by atoms with van der Waals surface area (Å²) in [6.45, 7) is 0.722. The Morgan fingerprint density at radius 3 is 2.84 bits per heavy atom. The third kappa shape index (κ3) is 3.03. The first-order valence-electron chi connectivity index (χ1n) is 5.38. The first-order chi connectivity index (χ1) is 8.90. The van der Waals surface area contributed by atoms with Crippen LogP contribution in [0.25, 0.3) is 0 Å². The lowest BCUT2D eigenvalue weighted by molar-refractivity contribution is -0.144. The van der Waals surface area contributed by atoms with Gasteiger partial charge in [-0.25, -0.2) is 9.97 Å². The monoisotopic (exact) mass is 273 g/mol. The lowest BCUT2D eigenvalue weighted by Gasteiger charge is -2.30. The minimum Gasteiger partial charge on any atom is -0.384 e. The maximum absolute atomic E-state index is 12.6. The van der Waals surface area contributed by atoms with E-state index in [4.69, 9.17) is 15.7 Å². The van der Waals surface area contributed by atoms with Gasteiger partial charge in [0.05, 0.1) is 19.2 Å². The van der Waals surface area contributed by atoms with Crippen LogP contribution < -0.4 is 10.6 Å². The standard InChI is InChI=1S/C10H10F3N5O/c11-10(12,13)9-16-7(15)3-8(17-9)18-1-2-19-6(4-14)5-18/h3,6H,1-2,5H2,(H2,15,16,17). The van der Waals surface area contributed by atoms with E-state index in [1.54, 1.807) is 0 Å². The summed E-state index contributed by atoms with van der Waals surface area (Å²) in [6.07, 6.45) is -5.36. The van der Waals surface area contributed by atoms with Crippen molar-refractivity contribution in [3.63, 3.8) is 0 Å². The molecule has 1 unspecified atom stereocenters. The highest BCUT2D eigenvalue weighted by Gasteiger charge is 2.36. The third-order valence-electron chi connectivity index (χ3n) is 2.52. The van der Waals surface area contributed by atoms with Crippen LogP contribution in [-0.2, 0) is 10.9 Å². The molecule has 1 fully saturated rings. The Bertz CT molecular complexity index is 513. The molecule has 0 saturated carbocycles. The highest BCUT2D eigenvalue weighted by Crippen LogP contribution is 2.29. The second-order valence-corrected chi connectivity index (χ2v) is 3.91. The molecule has 1 aliphatic heterocycles. The van der Waals surface area contributed by atoms with Crippen LogP contribution in [-0.4, -0.2) is 35.8 Å². The molecule has 2 rings (SSSR count). The van der Waals surface area contributed by atoms with Crippen LogP contribution in [0, 0.1) is 11.3 Å². The van der Waals surface area contributed by atoms with E-state index in [-0.39, 0.29) is 24.8 Å². The Morgan fingerprint density at radius 2 is 2.21 bits per heavy atom. The molecule has 0 bridgehead atoms. The van der Waals surface area contributed by atoms with Crippen molar-refractivity contribution in [2.45, 2.75) is 12.3 Å². The molecule has 0 aliphatic carbocycles. The Balaban J connectivity index is 2.30. The van der Waals surface area contributed by atoms with E-state index in [0.29, 0.717) is 6.54 Å². The molecule has 1 saturated heterocycles. The number of ether oxygens (including phenoxy) is 1. The molecule has 2 N–H and O–H groups in total. The topological polar surface area (TPSA) is 88.1 Å². The van der Waals surface area contributed by atoms with Crippen LogP contribution in [0.5, 0.6) is 0 Å². The molecular formula is C10H10F3N5O. The number of aromatic nitrogens is 2. The fraction of sp³-hybridized carbons (Fsp3) is 0.500. The summed E-state index contributed by atoms with van der Waals surface area (Å²) in [5.41, 5.74) is 5.36. The number of rotatable bonds is 1. The highest BCUT2D eigenvalue weighted by molar-refractivity contribution is 5.48. The minimum absolute atomic E-state index is 0.0448. The largest absolute Gasteiger partial charge is 0.451 e. The summed E-state index contributed by atoms with van der Waals surface area (Å²) in [6, 6.07) is 3.15. The summed E-state index contributed by atoms with van der Waals surface area (Å²) in [7, 11) is 0. The molecule has 1 aromatic rings. The van der Waals surface area contributed by atoms with Crippen LogP contribution in [0.4, 0.5) is 24.8 Å². The number of anilines is 2. The van der Waals surface area contributed by atoms with Crippen molar-refractivity contribution in [2.24, 2.45) is 0 Å². The van der Waals surface area contributed by atoms with Crippen LogP contribution in [0.2, 0.25) is 0 Å². The van der Waals surface area contributed by atoms with Crippen molar-refractivity contribution in [1.29, 1.82) is 5.26 Å². The summed E-state index contributed by atoms with van der Waals surface area (Å²) < 4.78 is 42.9. The maximum atomic E-state index is 12.6. The normalized spacial score (nSPS) is 20.1. The third-order valence-corrected chi connectivity index (χ3v) is 2.52. The van der Waals surface area contributed by atoms with E-state index in [1.165, 1.54) is 11.0 Å². The lowest BCUT2D eigenvalue weighted by atomic mass is 10.3. The van der Waals surface area contributed by atoms with Crippen molar-refractivity contribution in [2.75, 3.05) is 30.3 Å². The van der Waals surface area contributed by atoms with Gasteiger partial charge < -0.3 is 15.4 Å². The quantitative estimate of drug-likeness (QED) is 0.814. The second kappa shape index (κ2) is 4.89. The van der Waals surface area contributed by atoms with E-state index in [9.17, 15) is 13.2 Å². The van der Waals surface area contributed by atoms with E-state index in [2.05, 4.69) is 9.97 Å². The fourth-order valence-corrected chi connectivity index (χ4v) is 1.68. The number of hydrogen-bond donors (Lipinski definition) is 1. The van der Waals surface area contributed by atoms with E-state index < -0.39 is 18.1 Å². The fourth-order valence-electron chi connectivity index (χ4n) is 1.68. The number of alkyl halides is 3. The van der Waals surface area contributed by atoms with Gasteiger partial charge in [-0.2, -0.15) is 18.4 Å². The van der Waals surface area contributed by atoms with Crippen LogP contribution >= 0.6 is 0 Å². The zero-order chi connectivity index (χ0) is 14.0. The van der Waals surface area contributed by atoms with Gasteiger partial charge in [-0.1, -0.05) is 0 Å². The molecule has 1 aromatic heterocycles. The summed E-state index contributed by atoms with van der Waals surface area (Å²) >= 11 is 0. The Morgan fingerprint density at radius 1 is 1.47 bits per heavy atom. The molecule has 1 atom stereocenters. The Labute approximate surface area is 106 Å². The number of nitrogen functional groups attached to an aromatic ring is 1. The average Bonchev–Trinajstić information content (AvgIpc) is 2.37. The summed E-state index contributed by atoms with van der Waals surface area (Å²) in [4.78, 5) is 8.12. The molecule has 0 spiro atoms. The van der Waals surface area contributed by atoms with Crippen molar-refractivity contribution in [3.05, 3.63) is 11.9 Å². The van der Waals surface area contributed by atoms with Gasteiger partial charge in [-0.3, -0.25) is 0 Å². The van der Waals surface area contributed by atoms with E-state index >= 15 is 0 Å². The van der Waals surface area contributed by atoms with Gasteiger partial charge in [-0.05, 0) is 0 Å². The molecule has 102 valence electrons. The van der Waals surface area contributed by atoms with Crippen LogP contribution in [0.1, 0.15) is 5.82 Å². The van der Waals surface area contributed by atoms with Crippen LogP contribution in [0.3, 0.4) is 0 Å². The van der Waals surface area contributed by atoms with Crippen molar-refractivity contribution < 1.29 is 17.9 Å². The highest BCUT2D eigenvalue weighted by atomic mass is 19.4. The van der Waals surface area contributed by atoms with Gasteiger partial charge in [0.15, 0.2) is 6.10 Å². The molecule has 1 aliphatic rings. The molecule has 19 heavy (non-hydrogen) atoms. The van der Waals surface area contributed by atoms with Crippen molar-refractivity contribution >= 4 is 11.6 Å². The zero-order valence-electron chi connectivity index (χ0n) is 9.68. The molecule has 2 heterocycles. The average molecular weight is 273 g/mol. The van der Waals surface area contributed by atoms with Gasteiger partial charge in [0.1, 0.15) is 11.6 Å². The lowest BCUT2D eigenvalue weighted by Crippen LogP contribution is -2.42. The number of nitrogens with zero attached hydrogens (tertiary/aromatic N) is 4. The Hall–Kier alpha value is -2.08. The second-order valence-electron chi connectivity index (χ2n) is 3.91. The number of halogens is 3. The number of nitrogens with two attached hydrogens (primary N) is 1. The van der Waals surface area contributed by atoms with Crippen molar-refractivity contribution in [3.8, 4) is 6.07 Å². The first-order valence-corrected chi connectivity index (χ1v) is 5.38. The number of hydrogen-bond acceptors (Lipinski definition) is 6. The summed E-state index contributed by atoms with van der Waals surface area (Å²) in [5.74, 6) is -1.51. The molecule has 6 nitrogen and oxygen atoms in total. The minimum atomic E-state index is -4.66. The smallest absolute Gasteiger partial charge is 0.384 e. The Kier molecular flexibility index (Phi) is 3.44. The maximum Gasteiger partial charge on any atom is 0.451 e. The van der Waals surface area contributed by atoms with Gasteiger partial charge in [0.2, 0.25) is 5.82 Å². The predicted octanol–water partition coefficient (Wildman–Crippen LogP) is 0.806.